The molecule has 0 saturated heterocycles. The number of likely N-dealkylation sites (N-methyl/N-ethyl adjacent to an activating group) is 1. The topological polar surface area (TPSA) is 104 Å². The second-order valence-electron chi connectivity index (χ2n) is 7.33. The van der Waals surface area contributed by atoms with Crippen molar-refractivity contribution in [2.24, 2.45) is 0 Å². The molecule has 0 fully saturated rings. The summed E-state index contributed by atoms with van der Waals surface area (Å²) in [5.74, 6) is -1.74. The van der Waals surface area contributed by atoms with Crippen LogP contribution in [0.25, 0.3) is 0 Å². The number of nitrogens with zero attached hydrogens (tertiary/aromatic N) is 2. The highest BCUT2D eigenvalue weighted by atomic mass is 32.2. The fraction of sp³-hybridized carbons (Fsp3) is 0.318. The lowest BCUT2D eigenvalue weighted by atomic mass is 10.1. The maximum Gasteiger partial charge on any atom is 0.269 e. The van der Waals surface area contributed by atoms with Crippen molar-refractivity contribution in [1.82, 2.24) is 14.5 Å². The monoisotopic (exact) mass is 443 g/mol. The highest BCUT2D eigenvalue weighted by Gasteiger charge is 2.43. The predicted octanol–water partition coefficient (Wildman–Crippen LogP) is 1.69. The minimum absolute atomic E-state index is 0.0394. The normalized spacial score (nSPS) is 15.3. The van der Waals surface area contributed by atoms with E-state index < -0.39 is 34.4 Å². The molecule has 0 aromatic heterocycles. The Labute approximate surface area is 181 Å². The smallest absolute Gasteiger partial charge is 0.269 e. The van der Waals surface area contributed by atoms with E-state index in [2.05, 4.69) is 5.32 Å². The zero-order chi connectivity index (χ0) is 22.8. The molecule has 31 heavy (non-hydrogen) atoms. The van der Waals surface area contributed by atoms with Crippen LogP contribution in [-0.2, 0) is 26.2 Å². The number of aryl methyl sites for hydroxylation is 1. The van der Waals surface area contributed by atoms with E-state index in [-0.39, 0.29) is 22.9 Å². The van der Waals surface area contributed by atoms with Gasteiger partial charge in [0.25, 0.3) is 15.9 Å². The van der Waals surface area contributed by atoms with Gasteiger partial charge in [-0.3, -0.25) is 14.4 Å². The van der Waals surface area contributed by atoms with Crippen molar-refractivity contribution in [3.63, 3.8) is 0 Å². The quantitative estimate of drug-likeness (QED) is 0.701. The summed E-state index contributed by atoms with van der Waals surface area (Å²) in [7, 11) is -4.13. The molecule has 0 saturated carbocycles. The number of rotatable bonds is 7. The van der Waals surface area contributed by atoms with E-state index in [9.17, 15) is 22.8 Å². The molecule has 2 aromatic carbocycles. The van der Waals surface area contributed by atoms with Crippen LogP contribution in [0.5, 0.6) is 0 Å². The molecular weight excluding hydrogens is 418 g/mol. The van der Waals surface area contributed by atoms with Gasteiger partial charge in [-0.15, -0.1) is 0 Å². The Morgan fingerprint density at radius 1 is 1.10 bits per heavy atom. The molecule has 1 aliphatic rings. The van der Waals surface area contributed by atoms with E-state index in [1.54, 1.807) is 19.9 Å². The predicted molar refractivity (Wildman–Crippen MR) is 115 cm³/mol. The molecule has 1 aliphatic heterocycles. The molecule has 0 radical (unpaired) electrons. The zero-order valence-corrected chi connectivity index (χ0v) is 18.5. The van der Waals surface area contributed by atoms with Gasteiger partial charge in [0.05, 0.1) is 5.56 Å². The average Bonchev–Trinajstić information content (AvgIpc) is 2.93. The van der Waals surface area contributed by atoms with Gasteiger partial charge in [0.15, 0.2) is 0 Å². The van der Waals surface area contributed by atoms with Crippen molar-refractivity contribution in [2.45, 2.75) is 38.3 Å². The van der Waals surface area contributed by atoms with Crippen LogP contribution in [0.15, 0.2) is 53.4 Å². The van der Waals surface area contributed by atoms with Gasteiger partial charge >= 0.3 is 0 Å². The lowest BCUT2D eigenvalue weighted by Gasteiger charge is -2.30. The third-order valence-electron chi connectivity index (χ3n) is 5.31. The minimum atomic E-state index is -4.13. The fourth-order valence-corrected chi connectivity index (χ4v) is 4.99. The third kappa shape index (κ3) is 4.32. The highest BCUT2D eigenvalue weighted by molar-refractivity contribution is 7.90. The molecule has 1 N–H and O–H groups in total. The number of benzene rings is 2. The average molecular weight is 444 g/mol. The number of carbonyl (C=O) groups is 3. The van der Waals surface area contributed by atoms with E-state index in [1.807, 2.05) is 31.2 Å². The number of hydrogen-bond acceptors (Lipinski definition) is 5. The number of nitrogens with one attached hydrogen (secondary N) is 1. The lowest BCUT2D eigenvalue weighted by molar-refractivity contribution is -0.140. The Hall–Kier alpha value is -3.20. The molecule has 164 valence electrons. The molecular formula is C22H25N3O5S. The standard InChI is InChI=1S/C22H25N3O5S/c1-4-23-21(27)16(3)24(13-17-10-6-5-9-15(17)2)20(26)14-25-22(28)18-11-7-8-12-19(18)31(25,29)30/h5-12,16H,4,13-14H2,1-3H3,(H,23,27). The Balaban J connectivity index is 1.91. The fourth-order valence-electron chi connectivity index (χ4n) is 3.48. The van der Waals surface area contributed by atoms with E-state index in [4.69, 9.17) is 0 Å². The van der Waals surface area contributed by atoms with Crippen LogP contribution >= 0.6 is 0 Å². The van der Waals surface area contributed by atoms with E-state index >= 15 is 0 Å². The summed E-state index contributed by atoms with van der Waals surface area (Å²) in [6.45, 7) is 5.06. The summed E-state index contributed by atoms with van der Waals surface area (Å²) in [6, 6.07) is 12.4. The maximum absolute atomic E-state index is 13.2. The summed E-state index contributed by atoms with van der Waals surface area (Å²) in [5, 5.41) is 2.68. The van der Waals surface area contributed by atoms with Gasteiger partial charge in [0, 0.05) is 13.1 Å². The Bertz CT molecular complexity index is 1130. The van der Waals surface area contributed by atoms with Gasteiger partial charge < -0.3 is 10.2 Å². The zero-order valence-electron chi connectivity index (χ0n) is 17.7. The van der Waals surface area contributed by atoms with Crippen LogP contribution in [-0.4, -0.2) is 54.5 Å². The van der Waals surface area contributed by atoms with Gasteiger partial charge in [-0.25, -0.2) is 12.7 Å². The van der Waals surface area contributed by atoms with Crippen molar-refractivity contribution < 1.29 is 22.8 Å². The van der Waals surface area contributed by atoms with Gasteiger partial charge in [-0.1, -0.05) is 36.4 Å². The highest BCUT2D eigenvalue weighted by Crippen LogP contribution is 2.30. The summed E-state index contributed by atoms with van der Waals surface area (Å²) in [4.78, 5) is 39.6. The summed E-state index contributed by atoms with van der Waals surface area (Å²) in [5.41, 5.74) is 1.80. The Morgan fingerprint density at radius 2 is 1.74 bits per heavy atom. The van der Waals surface area contributed by atoms with Crippen LogP contribution in [0, 0.1) is 6.92 Å². The Kier molecular flexibility index (Phi) is 6.45. The van der Waals surface area contributed by atoms with Crippen molar-refractivity contribution >= 4 is 27.7 Å². The van der Waals surface area contributed by atoms with E-state index in [0.29, 0.717) is 10.8 Å². The molecule has 0 aliphatic carbocycles. The van der Waals surface area contributed by atoms with Gasteiger partial charge in [-0.05, 0) is 44.0 Å². The molecule has 0 spiro atoms. The molecule has 3 amide bonds. The van der Waals surface area contributed by atoms with E-state index in [1.165, 1.54) is 23.1 Å². The molecule has 3 rings (SSSR count). The van der Waals surface area contributed by atoms with Crippen LogP contribution in [0.4, 0.5) is 0 Å². The maximum atomic E-state index is 13.2. The first-order valence-corrected chi connectivity index (χ1v) is 11.4. The molecule has 1 heterocycles. The van der Waals surface area contributed by atoms with Crippen LogP contribution in [0.3, 0.4) is 0 Å². The van der Waals surface area contributed by atoms with Crippen LogP contribution < -0.4 is 5.32 Å². The third-order valence-corrected chi connectivity index (χ3v) is 7.10. The molecule has 1 unspecified atom stereocenters. The lowest BCUT2D eigenvalue weighted by Crippen LogP contribution is -2.51. The molecule has 8 nitrogen and oxygen atoms in total. The SMILES string of the molecule is CCNC(=O)C(C)N(Cc1ccccc1C)C(=O)CN1C(=O)c2ccccc2S1(=O)=O. The van der Waals surface area contributed by atoms with Gasteiger partial charge in [-0.2, -0.15) is 0 Å². The minimum Gasteiger partial charge on any atom is -0.355 e. The first kappa shape index (κ1) is 22.5. The number of hydrogen-bond donors (Lipinski definition) is 1. The molecule has 0 bridgehead atoms. The van der Waals surface area contributed by atoms with Crippen molar-refractivity contribution in [1.29, 1.82) is 0 Å². The van der Waals surface area contributed by atoms with E-state index in [0.717, 1.165) is 11.1 Å². The summed E-state index contributed by atoms with van der Waals surface area (Å²) in [6.07, 6.45) is 0. The molecule has 2 aromatic rings. The number of carbonyl (C=O) groups excluding carboxylic acids is 3. The summed E-state index contributed by atoms with van der Waals surface area (Å²) >= 11 is 0. The molecule has 9 heteroatoms. The van der Waals surface area contributed by atoms with Crippen LogP contribution in [0.1, 0.15) is 35.3 Å². The second kappa shape index (κ2) is 8.89. The van der Waals surface area contributed by atoms with Gasteiger partial charge in [0.1, 0.15) is 17.5 Å². The first-order valence-electron chi connectivity index (χ1n) is 9.96. The van der Waals surface area contributed by atoms with Crippen molar-refractivity contribution in [3.8, 4) is 0 Å². The molecule has 1 atom stereocenters. The summed E-state index contributed by atoms with van der Waals surface area (Å²) < 4.78 is 26.2. The van der Waals surface area contributed by atoms with Gasteiger partial charge in [0.2, 0.25) is 11.8 Å². The van der Waals surface area contributed by atoms with Crippen molar-refractivity contribution in [2.75, 3.05) is 13.1 Å². The number of fused-ring (bicyclic) bond motifs is 1. The van der Waals surface area contributed by atoms with Crippen molar-refractivity contribution in [3.05, 3.63) is 65.2 Å². The van der Waals surface area contributed by atoms with Crippen LogP contribution in [0.2, 0.25) is 0 Å². The Morgan fingerprint density at radius 3 is 2.39 bits per heavy atom. The number of amides is 3. The number of sulfonamides is 1. The second-order valence-corrected chi connectivity index (χ2v) is 9.16. The first-order chi connectivity index (χ1) is 14.7. The largest absolute Gasteiger partial charge is 0.355 e.